The predicted molar refractivity (Wildman–Crippen MR) is 42.4 cm³/mol. The molecule has 13 heavy (non-hydrogen) atoms. The summed E-state index contributed by atoms with van der Waals surface area (Å²) < 4.78 is 42.0. The molecule has 0 radical (unpaired) electrons. The van der Waals surface area contributed by atoms with Crippen LogP contribution in [0.25, 0.3) is 0 Å². The quantitative estimate of drug-likeness (QED) is 0.738. The highest BCUT2D eigenvalue weighted by molar-refractivity contribution is 4.85. The lowest BCUT2D eigenvalue weighted by Gasteiger charge is -2.20. The van der Waals surface area contributed by atoms with Crippen LogP contribution in [0.15, 0.2) is 0 Å². The van der Waals surface area contributed by atoms with Crippen molar-refractivity contribution in [2.75, 3.05) is 26.3 Å². The van der Waals surface area contributed by atoms with E-state index in [1.54, 1.807) is 6.92 Å². The Balaban J connectivity index is 2.44. The number of halogens is 3. The van der Waals surface area contributed by atoms with Gasteiger partial charge in [0.05, 0.1) is 12.5 Å². The molecule has 2 nitrogen and oxygen atoms in total. The first-order valence-electron chi connectivity index (χ1n) is 4.41. The van der Waals surface area contributed by atoms with Gasteiger partial charge in [-0.15, -0.1) is 0 Å². The zero-order valence-corrected chi connectivity index (χ0v) is 7.53. The van der Waals surface area contributed by atoms with Crippen LogP contribution in [0.3, 0.4) is 0 Å². The van der Waals surface area contributed by atoms with Gasteiger partial charge in [0, 0.05) is 25.6 Å². The van der Waals surface area contributed by atoms with Crippen molar-refractivity contribution < 1.29 is 17.9 Å². The SMILES string of the molecule is CCOC[C@@H]1CNC[C@H]1C(F)(F)F. The smallest absolute Gasteiger partial charge is 0.381 e. The molecule has 1 N–H and O–H groups in total. The van der Waals surface area contributed by atoms with Crippen molar-refractivity contribution in [2.24, 2.45) is 11.8 Å². The van der Waals surface area contributed by atoms with Gasteiger partial charge in [0.15, 0.2) is 0 Å². The van der Waals surface area contributed by atoms with Gasteiger partial charge in [-0.05, 0) is 6.92 Å². The molecule has 0 aromatic rings. The van der Waals surface area contributed by atoms with E-state index in [-0.39, 0.29) is 13.2 Å². The Kier molecular flexibility index (Phi) is 3.55. The molecule has 1 rings (SSSR count). The zero-order valence-electron chi connectivity index (χ0n) is 7.53. The van der Waals surface area contributed by atoms with Gasteiger partial charge in [-0.3, -0.25) is 0 Å². The van der Waals surface area contributed by atoms with Crippen molar-refractivity contribution in [1.29, 1.82) is 0 Å². The number of ether oxygens (including phenoxy) is 1. The Hall–Kier alpha value is -0.290. The van der Waals surface area contributed by atoms with E-state index >= 15 is 0 Å². The molecule has 1 saturated heterocycles. The summed E-state index contributed by atoms with van der Waals surface area (Å²) in [5.41, 5.74) is 0. The Morgan fingerprint density at radius 1 is 1.38 bits per heavy atom. The summed E-state index contributed by atoms with van der Waals surface area (Å²) >= 11 is 0. The highest BCUT2D eigenvalue weighted by atomic mass is 19.4. The van der Waals surface area contributed by atoms with E-state index < -0.39 is 18.0 Å². The second-order valence-corrected chi connectivity index (χ2v) is 3.23. The zero-order chi connectivity index (χ0) is 9.90. The first-order valence-corrected chi connectivity index (χ1v) is 4.41. The Morgan fingerprint density at radius 3 is 2.62 bits per heavy atom. The van der Waals surface area contributed by atoms with E-state index in [9.17, 15) is 13.2 Å². The summed E-state index contributed by atoms with van der Waals surface area (Å²) in [6.07, 6.45) is -4.09. The lowest BCUT2D eigenvalue weighted by Crippen LogP contribution is -2.31. The van der Waals surface area contributed by atoms with Gasteiger partial charge >= 0.3 is 6.18 Å². The molecule has 0 spiro atoms. The van der Waals surface area contributed by atoms with Crippen LogP contribution in [0.2, 0.25) is 0 Å². The molecule has 0 bridgehead atoms. The van der Waals surface area contributed by atoms with Crippen molar-refractivity contribution in [3.8, 4) is 0 Å². The lowest BCUT2D eigenvalue weighted by molar-refractivity contribution is -0.183. The minimum absolute atomic E-state index is 0.0290. The molecule has 1 fully saturated rings. The van der Waals surface area contributed by atoms with Crippen molar-refractivity contribution in [1.82, 2.24) is 5.32 Å². The summed E-state index contributed by atoms with van der Waals surface area (Å²) in [6, 6.07) is 0. The van der Waals surface area contributed by atoms with Crippen LogP contribution >= 0.6 is 0 Å². The van der Waals surface area contributed by atoms with Crippen molar-refractivity contribution in [3.63, 3.8) is 0 Å². The molecule has 1 aliphatic heterocycles. The Morgan fingerprint density at radius 2 is 2.08 bits per heavy atom. The third-order valence-electron chi connectivity index (χ3n) is 2.30. The maximum Gasteiger partial charge on any atom is 0.393 e. The summed E-state index contributed by atoms with van der Waals surface area (Å²) in [5, 5.41) is 2.74. The number of rotatable bonds is 3. The maximum atomic E-state index is 12.3. The minimum Gasteiger partial charge on any atom is -0.381 e. The number of alkyl halides is 3. The maximum absolute atomic E-state index is 12.3. The molecule has 5 heteroatoms. The minimum atomic E-state index is -4.09. The van der Waals surface area contributed by atoms with Crippen LogP contribution < -0.4 is 5.32 Å². The van der Waals surface area contributed by atoms with E-state index in [1.165, 1.54) is 0 Å². The normalized spacial score (nSPS) is 29.5. The second kappa shape index (κ2) is 4.28. The van der Waals surface area contributed by atoms with E-state index in [0.29, 0.717) is 13.2 Å². The Labute approximate surface area is 75.4 Å². The van der Waals surface area contributed by atoms with E-state index in [4.69, 9.17) is 4.74 Å². The molecule has 78 valence electrons. The van der Waals surface area contributed by atoms with Crippen molar-refractivity contribution in [3.05, 3.63) is 0 Å². The molecule has 0 aromatic heterocycles. The van der Waals surface area contributed by atoms with Gasteiger partial charge in [0.25, 0.3) is 0 Å². The molecule has 0 saturated carbocycles. The molecule has 1 heterocycles. The average Bonchev–Trinajstić information content (AvgIpc) is 2.47. The van der Waals surface area contributed by atoms with E-state index in [0.717, 1.165) is 0 Å². The van der Waals surface area contributed by atoms with E-state index in [2.05, 4.69) is 5.32 Å². The Bertz CT molecular complexity index is 160. The standard InChI is InChI=1S/C8H14F3NO/c1-2-13-5-6-3-12-4-7(6)8(9,10)11/h6-7,12H,2-5H2,1H3/t6-,7+/m0/s1. The van der Waals surface area contributed by atoms with Crippen LogP contribution in [0.1, 0.15) is 6.92 Å². The molecule has 0 aromatic carbocycles. The van der Waals surface area contributed by atoms with Gasteiger partial charge in [-0.25, -0.2) is 0 Å². The summed E-state index contributed by atoms with van der Waals surface area (Å²) in [5.74, 6) is -1.65. The molecule has 1 aliphatic rings. The fourth-order valence-corrected chi connectivity index (χ4v) is 1.56. The molecule has 2 atom stereocenters. The average molecular weight is 197 g/mol. The largest absolute Gasteiger partial charge is 0.393 e. The molecular weight excluding hydrogens is 183 g/mol. The van der Waals surface area contributed by atoms with Gasteiger partial charge in [0.2, 0.25) is 0 Å². The van der Waals surface area contributed by atoms with E-state index in [1.807, 2.05) is 0 Å². The predicted octanol–water partition coefficient (Wildman–Crippen LogP) is 1.42. The van der Waals surface area contributed by atoms with Crippen LogP contribution in [-0.2, 0) is 4.74 Å². The summed E-state index contributed by atoms with van der Waals surface area (Å²) in [7, 11) is 0. The summed E-state index contributed by atoms with van der Waals surface area (Å²) in [4.78, 5) is 0. The van der Waals surface area contributed by atoms with Gasteiger partial charge in [-0.2, -0.15) is 13.2 Å². The fraction of sp³-hybridized carbons (Fsp3) is 1.00. The van der Waals surface area contributed by atoms with Crippen LogP contribution in [0.4, 0.5) is 13.2 Å². The first-order chi connectivity index (χ1) is 6.05. The molecular formula is C8H14F3NO. The highest BCUT2D eigenvalue weighted by Crippen LogP contribution is 2.34. The third kappa shape index (κ3) is 2.84. The number of hydrogen-bond acceptors (Lipinski definition) is 2. The van der Waals surface area contributed by atoms with Crippen LogP contribution in [0.5, 0.6) is 0 Å². The molecule has 0 unspecified atom stereocenters. The monoisotopic (exact) mass is 197 g/mol. The molecule has 0 amide bonds. The van der Waals surface area contributed by atoms with Gasteiger partial charge in [0.1, 0.15) is 0 Å². The fourth-order valence-electron chi connectivity index (χ4n) is 1.56. The topological polar surface area (TPSA) is 21.3 Å². The van der Waals surface area contributed by atoms with Crippen LogP contribution in [-0.4, -0.2) is 32.5 Å². The lowest BCUT2D eigenvalue weighted by atomic mass is 9.96. The van der Waals surface area contributed by atoms with Crippen LogP contribution in [0, 0.1) is 11.8 Å². The second-order valence-electron chi connectivity index (χ2n) is 3.23. The van der Waals surface area contributed by atoms with Gasteiger partial charge in [-0.1, -0.05) is 0 Å². The summed E-state index contributed by atoms with van der Waals surface area (Å²) in [6.45, 7) is 2.89. The molecule has 0 aliphatic carbocycles. The van der Waals surface area contributed by atoms with Gasteiger partial charge < -0.3 is 10.1 Å². The highest BCUT2D eigenvalue weighted by Gasteiger charge is 2.46. The van der Waals surface area contributed by atoms with Crippen molar-refractivity contribution in [2.45, 2.75) is 13.1 Å². The van der Waals surface area contributed by atoms with Crippen molar-refractivity contribution >= 4 is 0 Å². The number of nitrogens with one attached hydrogen (secondary N) is 1. The third-order valence-corrected chi connectivity index (χ3v) is 2.30. The number of hydrogen-bond donors (Lipinski definition) is 1. The first kappa shape index (κ1) is 10.8.